The van der Waals surface area contributed by atoms with Crippen LogP contribution in [0.4, 0.5) is 5.69 Å². The third-order valence-electron chi connectivity index (χ3n) is 2.70. The maximum Gasteiger partial charge on any atom is 0.311 e. The van der Waals surface area contributed by atoms with Crippen molar-refractivity contribution in [2.75, 3.05) is 6.61 Å². The summed E-state index contributed by atoms with van der Waals surface area (Å²) in [6.07, 6.45) is 2.50. The lowest BCUT2D eigenvalue weighted by molar-refractivity contribution is -0.385. The standard InChI is InChI=1S/C12H14N2O3/c1-3-17-12-6-9-4-8(2)13-7-10(9)5-11(12)14(15)16/h5-8H,3-4H2,1-2H3. The Bertz CT molecular complexity index is 483. The number of nitrogens with zero attached hydrogens (tertiary/aromatic N) is 2. The molecule has 2 rings (SSSR count). The lowest BCUT2D eigenvalue weighted by Crippen LogP contribution is -2.12. The first-order valence-corrected chi connectivity index (χ1v) is 5.59. The molecule has 5 heteroatoms. The summed E-state index contributed by atoms with van der Waals surface area (Å²) in [5.74, 6) is 0.346. The van der Waals surface area contributed by atoms with Gasteiger partial charge < -0.3 is 4.74 Å². The Labute approximate surface area is 99.3 Å². The summed E-state index contributed by atoms with van der Waals surface area (Å²) >= 11 is 0. The average molecular weight is 234 g/mol. The van der Waals surface area contributed by atoms with Crippen LogP contribution in [-0.4, -0.2) is 23.8 Å². The fourth-order valence-corrected chi connectivity index (χ4v) is 1.92. The topological polar surface area (TPSA) is 64.7 Å². The number of hydrogen-bond acceptors (Lipinski definition) is 4. The first-order valence-electron chi connectivity index (χ1n) is 5.59. The van der Waals surface area contributed by atoms with Crippen molar-refractivity contribution in [2.24, 2.45) is 4.99 Å². The molecule has 0 amide bonds. The Morgan fingerprint density at radius 1 is 1.59 bits per heavy atom. The Morgan fingerprint density at radius 2 is 2.35 bits per heavy atom. The predicted octanol–water partition coefficient (Wildman–Crippen LogP) is 2.36. The molecule has 1 aromatic carbocycles. The molecule has 0 fully saturated rings. The number of benzene rings is 1. The third-order valence-corrected chi connectivity index (χ3v) is 2.70. The molecule has 0 aliphatic carbocycles. The van der Waals surface area contributed by atoms with Crippen molar-refractivity contribution in [1.82, 2.24) is 0 Å². The predicted molar refractivity (Wildman–Crippen MR) is 65.0 cm³/mol. The Morgan fingerprint density at radius 3 is 3.00 bits per heavy atom. The summed E-state index contributed by atoms with van der Waals surface area (Å²) in [6, 6.07) is 3.52. The average Bonchev–Trinajstić information content (AvgIpc) is 2.28. The number of rotatable bonds is 3. The summed E-state index contributed by atoms with van der Waals surface area (Å²) in [5.41, 5.74) is 1.88. The van der Waals surface area contributed by atoms with Crippen molar-refractivity contribution in [3.63, 3.8) is 0 Å². The number of hydrogen-bond donors (Lipinski definition) is 0. The van der Waals surface area contributed by atoms with Crippen molar-refractivity contribution in [1.29, 1.82) is 0 Å². The van der Waals surface area contributed by atoms with Gasteiger partial charge in [0.25, 0.3) is 0 Å². The van der Waals surface area contributed by atoms with Gasteiger partial charge >= 0.3 is 5.69 Å². The summed E-state index contributed by atoms with van der Waals surface area (Å²) < 4.78 is 5.31. The van der Waals surface area contributed by atoms with Gasteiger partial charge in [-0.2, -0.15) is 0 Å². The molecule has 1 unspecified atom stereocenters. The summed E-state index contributed by atoms with van der Waals surface area (Å²) in [6.45, 7) is 4.25. The second kappa shape index (κ2) is 4.53. The quantitative estimate of drug-likeness (QED) is 0.595. The van der Waals surface area contributed by atoms with E-state index < -0.39 is 4.92 Å². The zero-order chi connectivity index (χ0) is 12.4. The van der Waals surface area contributed by atoms with Gasteiger partial charge in [0.1, 0.15) is 0 Å². The number of fused-ring (bicyclic) bond motifs is 1. The van der Waals surface area contributed by atoms with E-state index in [0.29, 0.717) is 12.4 Å². The van der Waals surface area contributed by atoms with Crippen LogP contribution in [0.3, 0.4) is 0 Å². The molecule has 5 nitrogen and oxygen atoms in total. The van der Waals surface area contributed by atoms with Gasteiger partial charge in [0, 0.05) is 17.8 Å². The number of aliphatic imine (C=N–C) groups is 1. The molecule has 0 N–H and O–H groups in total. The Balaban J connectivity index is 2.49. The lowest BCUT2D eigenvalue weighted by atomic mass is 9.98. The van der Waals surface area contributed by atoms with E-state index in [2.05, 4.69) is 4.99 Å². The van der Waals surface area contributed by atoms with Crippen LogP contribution in [0, 0.1) is 10.1 Å². The fraction of sp³-hybridized carbons (Fsp3) is 0.417. The molecule has 90 valence electrons. The molecular weight excluding hydrogens is 220 g/mol. The largest absolute Gasteiger partial charge is 0.487 e. The van der Waals surface area contributed by atoms with Gasteiger partial charge in [0.2, 0.25) is 0 Å². The van der Waals surface area contributed by atoms with E-state index in [0.717, 1.165) is 17.5 Å². The van der Waals surface area contributed by atoms with Crippen LogP contribution < -0.4 is 4.74 Å². The monoisotopic (exact) mass is 234 g/mol. The van der Waals surface area contributed by atoms with Gasteiger partial charge in [-0.05, 0) is 31.9 Å². The van der Waals surface area contributed by atoms with Crippen molar-refractivity contribution in [2.45, 2.75) is 26.3 Å². The van der Waals surface area contributed by atoms with E-state index in [1.54, 1.807) is 12.3 Å². The number of ether oxygens (including phenoxy) is 1. The summed E-state index contributed by atoms with van der Waals surface area (Å²) in [5, 5.41) is 10.9. The second-order valence-corrected chi connectivity index (χ2v) is 4.04. The van der Waals surface area contributed by atoms with Gasteiger partial charge in [-0.15, -0.1) is 0 Å². The molecule has 0 saturated carbocycles. The molecule has 0 aromatic heterocycles. The van der Waals surface area contributed by atoms with Crippen LogP contribution in [0.5, 0.6) is 5.75 Å². The van der Waals surface area contributed by atoms with Crippen LogP contribution in [-0.2, 0) is 6.42 Å². The maximum atomic E-state index is 10.9. The number of nitro benzene ring substituents is 1. The van der Waals surface area contributed by atoms with E-state index in [4.69, 9.17) is 4.74 Å². The maximum absolute atomic E-state index is 10.9. The molecule has 17 heavy (non-hydrogen) atoms. The highest BCUT2D eigenvalue weighted by atomic mass is 16.6. The lowest BCUT2D eigenvalue weighted by Gasteiger charge is -2.16. The SMILES string of the molecule is CCOc1cc2c(cc1[N+](=O)[O-])C=NC(C)C2. The van der Waals surface area contributed by atoms with Crippen LogP contribution >= 0.6 is 0 Å². The molecule has 0 bridgehead atoms. The molecule has 1 atom stereocenters. The number of nitro groups is 1. The van der Waals surface area contributed by atoms with E-state index in [1.807, 2.05) is 13.8 Å². The van der Waals surface area contributed by atoms with Gasteiger partial charge in [-0.1, -0.05) is 0 Å². The fourth-order valence-electron chi connectivity index (χ4n) is 1.92. The molecule has 0 radical (unpaired) electrons. The highest BCUT2D eigenvalue weighted by Crippen LogP contribution is 2.32. The molecule has 1 aliphatic rings. The third kappa shape index (κ3) is 2.27. The molecule has 0 saturated heterocycles. The minimum atomic E-state index is -0.419. The summed E-state index contributed by atoms with van der Waals surface area (Å²) in [7, 11) is 0. The van der Waals surface area contributed by atoms with E-state index in [9.17, 15) is 10.1 Å². The highest BCUT2D eigenvalue weighted by molar-refractivity contribution is 5.85. The van der Waals surface area contributed by atoms with Gasteiger partial charge in [0.05, 0.1) is 17.6 Å². The normalized spacial score (nSPS) is 17.6. The Hall–Kier alpha value is -1.91. The minimum Gasteiger partial charge on any atom is -0.487 e. The van der Waals surface area contributed by atoms with Crippen molar-refractivity contribution in [3.05, 3.63) is 33.4 Å². The minimum absolute atomic E-state index is 0.00611. The molecule has 1 aromatic rings. The molecule has 1 aliphatic heterocycles. The van der Waals surface area contributed by atoms with E-state index in [1.165, 1.54) is 6.07 Å². The second-order valence-electron chi connectivity index (χ2n) is 4.04. The first kappa shape index (κ1) is 11.6. The van der Waals surface area contributed by atoms with Crippen LogP contribution in [0.25, 0.3) is 0 Å². The van der Waals surface area contributed by atoms with Crippen molar-refractivity contribution < 1.29 is 9.66 Å². The van der Waals surface area contributed by atoms with Gasteiger partial charge in [-0.25, -0.2) is 0 Å². The molecular formula is C12H14N2O3. The highest BCUT2D eigenvalue weighted by Gasteiger charge is 2.21. The van der Waals surface area contributed by atoms with E-state index in [-0.39, 0.29) is 11.7 Å². The van der Waals surface area contributed by atoms with Gasteiger partial charge in [-0.3, -0.25) is 15.1 Å². The van der Waals surface area contributed by atoms with Crippen molar-refractivity contribution in [3.8, 4) is 5.75 Å². The Kier molecular flexibility index (Phi) is 3.08. The van der Waals surface area contributed by atoms with Crippen molar-refractivity contribution >= 4 is 11.9 Å². The van der Waals surface area contributed by atoms with Crippen LogP contribution in [0.2, 0.25) is 0 Å². The molecule has 1 heterocycles. The zero-order valence-corrected chi connectivity index (χ0v) is 9.84. The van der Waals surface area contributed by atoms with Crippen LogP contribution in [0.15, 0.2) is 17.1 Å². The van der Waals surface area contributed by atoms with Gasteiger partial charge in [0.15, 0.2) is 5.75 Å². The van der Waals surface area contributed by atoms with Crippen LogP contribution in [0.1, 0.15) is 25.0 Å². The smallest absolute Gasteiger partial charge is 0.311 e. The summed E-state index contributed by atoms with van der Waals surface area (Å²) in [4.78, 5) is 14.8. The molecule has 0 spiro atoms. The first-order chi connectivity index (χ1) is 8.11. The van der Waals surface area contributed by atoms with E-state index >= 15 is 0 Å². The zero-order valence-electron chi connectivity index (χ0n) is 9.84.